The number of hydrogen-bond donors (Lipinski definition) is 3. The SMILES string of the molecule is Nc1ccc(C[C@@H]2CC[C@H](C(O)c3ccccc3)N2)cc1. The van der Waals surface area contributed by atoms with Gasteiger partial charge < -0.3 is 16.2 Å². The van der Waals surface area contributed by atoms with E-state index < -0.39 is 6.10 Å². The quantitative estimate of drug-likeness (QED) is 0.756. The number of anilines is 1. The fourth-order valence-electron chi connectivity index (χ4n) is 3.08. The molecule has 2 aromatic carbocycles. The summed E-state index contributed by atoms with van der Waals surface area (Å²) in [5.74, 6) is 0. The monoisotopic (exact) mass is 282 g/mol. The van der Waals surface area contributed by atoms with E-state index in [2.05, 4.69) is 17.4 Å². The Hall–Kier alpha value is -1.84. The molecule has 110 valence electrons. The van der Waals surface area contributed by atoms with E-state index in [4.69, 9.17) is 5.73 Å². The van der Waals surface area contributed by atoms with Crippen LogP contribution in [0.15, 0.2) is 54.6 Å². The summed E-state index contributed by atoms with van der Waals surface area (Å²) in [6.45, 7) is 0. The summed E-state index contributed by atoms with van der Waals surface area (Å²) >= 11 is 0. The Balaban J connectivity index is 1.59. The maximum atomic E-state index is 10.5. The van der Waals surface area contributed by atoms with Gasteiger partial charge in [0.2, 0.25) is 0 Å². The van der Waals surface area contributed by atoms with E-state index >= 15 is 0 Å². The molecular formula is C18H22N2O. The van der Waals surface area contributed by atoms with Crippen molar-refractivity contribution < 1.29 is 5.11 Å². The molecule has 0 spiro atoms. The topological polar surface area (TPSA) is 58.3 Å². The molecule has 0 aliphatic carbocycles. The fourth-order valence-corrected chi connectivity index (χ4v) is 3.08. The van der Waals surface area contributed by atoms with Crippen LogP contribution in [-0.2, 0) is 6.42 Å². The molecule has 1 unspecified atom stereocenters. The first kappa shape index (κ1) is 14.1. The summed E-state index contributed by atoms with van der Waals surface area (Å²) in [4.78, 5) is 0. The van der Waals surface area contributed by atoms with Crippen molar-refractivity contribution in [2.75, 3.05) is 5.73 Å². The summed E-state index contributed by atoms with van der Waals surface area (Å²) < 4.78 is 0. The minimum atomic E-state index is -0.428. The average Bonchev–Trinajstić information content (AvgIpc) is 2.98. The lowest BCUT2D eigenvalue weighted by atomic mass is 10.0. The van der Waals surface area contributed by atoms with Gasteiger partial charge in [0.1, 0.15) is 0 Å². The molecule has 1 saturated heterocycles. The molecule has 4 N–H and O–H groups in total. The van der Waals surface area contributed by atoms with Crippen LogP contribution >= 0.6 is 0 Å². The zero-order valence-corrected chi connectivity index (χ0v) is 12.1. The predicted octanol–water partition coefficient (Wildman–Crippen LogP) is 2.67. The van der Waals surface area contributed by atoms with Gasteiger partial charge in [-0.2, -0.15) is 0 Å². The minimum Gasteiger partial charge on any atom is -0.399 e. The molecule has 0 amide bonds. The van der Waals surface area contributed by atoms with Crippen LogP contribution in [0.5, 0.6) is 0 Å². The van der Waals surface area contributed by atoms with Crippen molar-refractivity contribution in [3.05, 3.63) is 65.7 Å². The van der Waals surface area contributed by atoms with Gasteiger partial charge in [-0.3, -0.25) is 0 Å². The van der Waals surface area contributed by atoms with Crippen LogP contribution in [0.2, 0.25) is 0 Å². The van der Waals surface area contributed by atoms with Crippen molar-refractivity contribution >= 4 is 5.69 Å². The van der Waals surface area contributed by atoms with Crippen molar-refractivity contribution in [2.24, 2.45) is 0 Å². The average molecular weight is 282 g/mol. The first-order chi connectivity index (χ1) is 10.2. The molecule has 0 aromatic heterocycles. The van der Waals surface area contributed by atoms with E-state index in [9.17, 15) is 5.11 Å². The van der Waals surface area contributed by atoms with Crippen LogP contribution in [-0.4, -0.2) is 17.2 Å². The summed E-state index contributed by atoms with van der Waals surface area (Å²) in [5.41, 5.74) is 8.79. The highest BCUT2D eigenvalue weighted by Crippen LogP contribution is 2.26. The van der Waals surface area contributed by atoms with E-state index in [0.717, 1.165) is 30.5 Å². The third kappa shape index (κ3) is 3.43. The van der Waals surface area contributed by atoms with Gasteiger partial charge in [-0.05, 0) is 42.5 Å². The minimum absolute atomic E-state index is 0.145. The lowest BCUT2D eigenvalue weighted by Crippen LogP contribution is -2.35. The van der Waals surface area contributed by atoms with Crippen LogP contribution in [0.1, 0.15) is 30.1 Å². The Bertz CT molecular complexity index is 568. The van der Waals surface area contributed by atoms with Gasteiger partial charge in [0.05, 0.1) is 6.10 Å². The number of nitrogens with two attached hydrogens (primary N) is 1. The molecule has 2 aromatic rings. The van der Waals surface area contributed by atoms with Gasteiger partial charge in [-0.15, -0.1) is 0 Å². The predicted molar refractivity (Wildman–Crippen MR) is 85.9 cm³/mol. The second kappa shape index (κ2) is 6.29. The Morgan fingerprint density at radius 2 is 1.76 bits per heavy atom. The van der Waals surface area contributed by atoms with E-state index in [-0.39, 0.29) is 6.04 Å². The Morgan fingerprint density at radius 3 is 2.48 bits per heavy atom. The Labute approximate surface area is 125 Å². The molecule has 3 rings (SSSR count). The first-order valence-corrected chi connectivity index (χ1v) is 7.56. The van der Waals surface area contributed by atoms with E-state index in [0.29, 0.717) is 6.04 Å². The van der Waals surface area contributed by atoms with E-state index in [1.54, 1.807) is 0 Å². The highest BCUT2D eigenvalue weighted by Gasteiger charge is 2.29. The van der Waals surface area contributed by atoms with Crippen LogP contribution in [0.4, 0.5) is 5.69 Å². The highest BCUT2D eigenvalue weighted by atomic mass is 16.3. The lowest BCUT2D eigenvalue weighted by Gasteiger charge is -2.20. The second-order valence-corrected chi connectivity index (χ2v) is 5.85. The molecule has 1 heterocycles. The van der Waals surface area contributed by atoms with Gasteiger partial charge in [-0.1, -0.05) is 42.5 Å². The van der Waals surface area contributed by atoms with Gasteiger partial charge in [0.25, 0.3) is 0 Å². The number of hydrogen-bond acceptors (Lipinski definition) is 3. The first-order valence-electron chi connectivity index (χ1n) is 7.56. The maximum absolute atomic E-state index is 10.5. The van der Waals surface area contributed by atoms with Gasteiger partial charge >= 0.3 is 0 Å². The third-order valence-corrected chi connectivity index (χ3v) is 4.26. The van der Waals surface area contributed by atoms with Gasteiger partial charge in [0.15, 0.2) is 0 Å². The standard InChI is InChI=1S/C18H22N2O/c19-15-8-6-13(7-9-15)12-16-10-11-17(20-16)18(21)14-4-2-1-3-5-14/h1-9,16-18,20-21H,10-12,19H2/t16-,17+,18?/m0/s1. The summed E-state index contributed by atoms with van der Waals surface area (Å²) in [7, 11) is 0. The number of benzene rings is 2. The molecule has 0 bridgehead atoms. The molecule has 1 fully saturated rings. The zero-order valence-electron chi connectivity index (χ0n) is 12.1. The van der Waals surface area contributed by atoms with Crippen LogP contribution in [0, 0.1) is 0 Å². The smallest absolute Gasteiger partial charge is 0.0943 e. The molecular weight excluding hydrogens is 260 g/mol. The number of aliphatic hydroxyl groups excluding tert-OH is 1. The molecule has 0 radical (unpaired) electrons. The van der Waals surface area contributed by atoms with Crippen LogP contribution in [0.25, 0.3) is 0 Å². The summed E-state index contributed by atoms with van der Waals surface area (Å²) in [6, 6.07) is 18.5. The van der Waals surface area contributed by atoms with Crippen LogP contribution in [0.3, 0.4) is 0 Å². The lowest BCUT2D eigenvalue weighted by molar-refractivity contribution is 0.135. The molecule has 3 heteroatoms. The molecule has 21 heavy (non-hydrogen) atoms. The van der Waals surface area contributed by atoms with Crippen molar-refractivity contribution in [1.29, 1.82) is 0 Å². The van der Waals surface area contributed by atoms with Crippen molar-refractivity contribution in [3.63, 3.8) is 0 Å². The maximum Gasteiger partial charge on any atom is 0.0943 e. The summed E-state index contributed by atoms with van der Waals surface area (Å²) in [6.07, 6.45) is 2.66. The molecule has 0 saturated carbocycles. The van der Waals surface area contributed by atoms with Crippen molar-refractivity contribution in [3.8, 4) is 0 Å². The summed E-state index contributed by atoms with van der Waals surface area (Å²) in [5, 5.41) is 14.0. The van der Waals surface area contributed by atoms with Gasteiger partial charge in [0, 0.05) is 17.8 Å². The molecule has 3 atom stereocenters. The Morgan fingerprint density at radius 1 is 1.05 bits per heavy atom. The van der Waals surface area contributed by atoms with Crippen molar-refractivity contribution in [2.45, 2.75) is 37.5 Å². The normalized spacial score (nSPS) is 23.1. The van der Waals surface area contributed by atoms with Crippen LogP contribution < -0.4 is 11.1 Å². The molecule has 1 aliphatic rings. The number of aliphatic hydroxyl groups is 1. The number of nitrogen functional groups attached to an aromatic ring is 1. The van der Waals surface area contributed by atoms with E-state index in [1.807, 2.05) is 42.5 Å². The number of rotatable bonds is 4. The number of nitrogens with one attached hydrogen (secondary N) is 1. The zero-order chi connectivity index (χ0) is 14.7. The van der Waals surface area contributed by atoms with Gasteiger partial charge in [-0.25, -0.2) is 0 Å². The van der Waals surface area contributed by atoms with Crippen molar-refractivity contribution in [1.82, 2.24) is 5.32 Å². The highest BCUT2D eigenvalue weighted by molar-refractivity contribution is 5.39. The second-order valence-electron chi connectivity index (χ2n) is 5.85. The van der Waals surface area contributed by atoms with E-state index in [1.165, 1.54) is 5.56 Å². The Kier molecular flexibility index (Phi) is 4.23. The largest absolute Gasteiger partial charge is 0.399 e. The molecule has 3 nitrogen and oxygen atoms in total. The fraction of sp³-hybridized carbons (Fsp3) is 0.333. The third-order valence-electron chi connectivity index (χ3n) is 4.26. The molecule has 1 aliphatic heterocycles.